The van der Waals surface area contributed by atoms with Gasteiger partial charge in [-0.15, -0.1) is 0 Å². The highest BCUT2D eigenvalue weighted by molar-refractivity contribution is 7.84. The number of carboxylic acid groups (broad SMARTS) is 1. The van der Waals surface area contributed by atoms with Crippen molar-refractivity contribution in [2.45, 2.75) is 30.6 Å². The minimum atomic E-state index is -1.30. The molecule has 1 aliphatic carbocycles. The van der Waals surface area contributed by atoms with Crippen LogP contribution in [0.25, 0.3) is 11.1 Å². The highest BCUT2D eigenvalue weighted by Gasteiger charge is 2.30. The van der Waals surface area contributed by atoms with Gasteiger partial charge in [-0.2, -0.15) is 0 Å². The summed E-state index contributed by atoms with van der Waals surface area (Å²) in [6.07, 6.45) is 0.0421. The van der Waals surface area contributed by atoms with Crippen LogP contribution in [0.3, 0.4) is 0 Å². The quantitative estimate of drug-likeness (QED) is 0.530. The van der Waals surface area contributed by atoms with Crippen molar-refractivity contribution >= 4 is 28.8 Å². The molecule has 0 aromatic heterocycles. The summed E-state index contributed by atoms with van der Waals surface area (Å²) in [5.74, 6) is -2.06. The maximum absolute atomic E-state index is 12.4. The van der Waals surface area contributed by atoms with E-state index in [0.29, 0.717) is 0 Å². The first-order valence-corrected chi connectivity index (χ1v) is 11.8. The van der Waals surface area contributed by atoms with E-state index in [1.807, 2.05) is 48.5 Å². The summed E-state index contributed by atoms with van der Waals surface area (Å²) in [6.45, 7) is 1.85. The van der Waals surface area contributed by atoms with Crippen molar-refractivity contribution < 1.29 is 28.4 Å². The van der Waals surface area contributed by atoms with Crippen LogP contribution in [0, 0.1) is 0 Å². The van der Waals surface area contributed by atoms with Gasteiger partial charge in [0.2, 0.25) is 5.91 Å². The first-order valence-electron chi connectivity index (χ1n) is 10.2. The average molecular weight is 459 g/mol. The molecule has 1 aliphatic rings. The Hall–Kier alpha value is -3.20. The lowest BCUT2D eigenvalue weighted by molar-refractivity contribution is -0.139. The minimum absolute atomic E-state index is 0.0487. The summed E-state index contributed by atoms with van der Waals surface area (Å²) >= 11 is 0. The van der Waals surface area contributed by atoms with Gasteiger partial charge < -0.3 is 20.5 Å². The summed E-state index contributed by atoms with van der Waals surface area (Å²) in [7, 11) is -1.15. The van der Waals surface area contributed by atoms with Crippen LogP contribution in [0.15, 0.2) is 48.5 Å². The Morgan fingerprint density at radius 1 is 1.06 bits per heavy atom. The third kappa shape index (κ3) is 5.53. The van der Waals surface area contributed by atoms with E-state index in [9.17, 15) is 18.6 Å². The van der Waals surface area contributed by atoms with Crippen molar-refractivity contribution in [3.8, 4) is 11.1 Å². The second-order valence-electron chi connectivity index (χ2n) is 7.67. The Morgan fingerprint density at radius 3 is 2.16 bits per heavy atom. The fourth-order valence-electron chi connectivity index (χ4n) is 3.65. The van der Waals surface area contributed by atoms with E-state index in [2.05, 4.69) is 10.6 Å². The highest BCUT2D eigenvalue weighted by Crippen LogP contribution is 2.44. The standard InChI is InChI=1S/C23H26N2O6S/c1-14(32(2)30)12-24-22(28)20(11-21(26)27)25-23(29)31-13-19-17-9-5-3-7-15(17)16-8-4-6-10-18(16)19/h3-10,14,19-20H,11-13H2,1-2H3,(H,24,28)(H,25,29)(H,26,27). The van der Waals surface area contributed by atoms with Gasteiger partial charge >= 0.3 is 12.1 Å². The fourth-order valence-corrected chi connectivity index (χ4v) is 3.97. The van der Waals surface area contributed by atoms with E-state index in [-0.39, 0.29) is 24.3 Å². The number of hydrogen-bond donors (Lipinski definition) is 3. The van der Waals surface area contributed by atoms with Crippen LogP contribution in [0.2, 0.25) is 0 Å². The molecule has 8 nitrogen and oxygen atoms in total. The second-order valence-corrected chi connectivity index (χ2v) is 9.48. The van der Waals surface area contributed by atoms with Crippen molar-refractivity contribution in [3.05, 3.63) is 59.7 Å². The van der Waals surface area contributed by atoms with Gasteiger partial charge in [0.1, 0.15) is 12.6 Å². The number of nitrogens with one attached hydrogen (secondary N) is 2. The van der Waals surface area contributed by atoms with Crippen molar-refractivity contribution in [1.29, 1.82) is 0 Å². The normalized spacial score (nSPS) is 15.1. The molecule has 9 heteroatoms. The Kier molecular flexibility index (Phi) is 7.63. The van der Waals surface area contributed by atoms with E-state index < -0.39 is 41.2 Å². The summed E-state index contributed by atoms with van der Waals surface area (Å²) in [4.78, 5) is 36.0. The summed E-state index contributed by atoms with van der Waals surface area (Å²) in [5.41, 5.74) is 4.26. The first-order chi connectivity index (χ1) is 15.3. The largest absolute Gasteiger partial charge is 0.481 e. The van der Waals surface area contributed by atoms with Crippen molar-refractivity contribution in [3.63, 3.8) is 0 Å². The van der Waals surface area contributed by atoms with Crippen LogP contribution >= 0.6 is 0 Å². The van der Waals surface area contributed by atoms with Gasteiger partial charge in [0.15, 0.2) is 0 Å². The van der Waals surface area contributed by atoms with Crippen LogP contribution < -0.4 is 10.6 Å². The number of carbonyl (C=O) groups excluding carboxylic acids is 2. The number of rotatable bonds is 9. The molecule has 0 heterocycles. The average Bonchev–Trinajstić information content (AvgIpc) is 3.08. The number of benzene rings is 2. The molecule has 3 N–H and O–H groups in total. The van der Waals surface area contributed by atoms with Crippen LogP contribution in [0.1, 0.15) is 30.4 Å². The van der Waals surface area contributed by atoms with Crippen molar-refractivity contribution in [2.24, 2.45) is 0 Å². The van der Waals surface area contributed by atoms with E-state index in [1.54, 1.807) is 6.92 Å². The van der Waals surface area contributed by atoms with E-state index in [4.69, 9.17) is 9.84 Å². The zero-order valence-corrected chi connectivity index (χ0v) is 18.7. The Bertz CT molecular complexity index is 995. The summed E-state index contributed by atoms with van der Waals surface area (Å²) < 4.78 is 16.8. The van der Waals surface area contributed by atoms with E-state index >= 15 is 0 Å². The van der Waals surface area contributed by atoms with Gasteiger partial charge in [-0.05, 0) is 29.2 Å². The van der Waals surface area contributed by atoms with E-state index in [1.165, 1.54) is 6.26 Å². The zero-order valence-electron chi connectivity index (χ0n) is 17.9. The predicted molar refractivity (Wildman–Crippen MR) is 121 cm³/mol. The van der Waals surface area contributed by atoms with Crippen LogP contribution in [0.4, 0.5) is 4.79 Å². The van der Waals surface area contributed by atoms with Gasteiger partial charge in [-0.3, -0.25) is 13.8 Å². The number of carbonyl (C=O) groups is 3. The molecule has 0 fully saturated rings. The lowest BCUT2D eigenvalue weighted by atomic mass is 9.98. The van der Waals surface area contributed by atoms with Crippen molar-refractivity contribution in [1.82, 2.24) is 10.6 Å². The molecule has 3 rings (SSSR count). The number of alkyl carbamates (subject to hydrolysis) is 1. The number of fused-ring (bicyclic) bond motifs is 3. The Labute approximate surface area is 188 Å². The Morgan fingerprint density at radius 2 is 1.62 bits per heavy atom. The topological polar surface area (TPSA) is 122 Å². The Balaban J connectivity index is 1.63. The van der Waals surface area contributed by atoms with Gasteiger partial charge in [0.25, 0.3) is 0 Å². The van der Waals surface area contributed by atoms with Crippen LogP contribution in [-0.2, 0) is 25.1 Å². The molecule has 3 atom stereocenters. The second kappa shape index (κ2) is 10.4. The number of hydrogen-bond acceptors (Lipinski definition) is 5. The molecule has 0 bridgehead atoms. The molecule has 0 saturated carbocycles. The molecular formula is C23H26N2O6S. The molecule has 2 aromatic rings. The maximum atomic E-state index is 12.4. The molecule has 170 valence electrons. The third-order valence-electron chi connectivity index (χ3n) is 5.46. The first kappa shape index (κ1) is 23.5. The molecule has 2 amide bonds. The molecule has 3 unspecified atom stereocenters. The van der Waals surface area contributed by atoms with Gasteiger partial charge in [0.05, 0.1) is 6.42 Å². The minimum Gasteiger partial charge on any atom is -0.481 e. The van der Waals surface area contributed by atoms with Gasteiger partial charge in [0, 0.05) is 34.8 Å². The summed E-state index contributed by atoms with van der Waals surface area (Å²) in [5, 5.41) is 13.7. The predicted octanol–water partition coefficient (Wildman–Crippen LogP) is 2.25. The lowest BCUT2D eigenvalue weighted by Crippen LogP contribution is -2.49. The van der Waals surface area contributed by atoms with Crippen LogP contribution in [-0.4, -0.2) is 58.0 Å². The molecule has 0 spiro atoms. The molecule has 0 radical (unpaired) electrons. The summed E-state index contributed by atoms with van der Waals surface area (Å²) in [6, 6.07) is 14.5. The lowest BCUT2D eigenvalue weighted by Gasteiger charge is -2.19. The molecule has 0 saturated heterocycles. The zero-order chi connectivity index (χ0) is 23.3. The maximum Gasteiger partial charge on any atom is 0.407 e. The molecule has 0 aliphatic heterocycles. The SMILES string of the molecule is CC(CNC(=O)C(CC(=O)O)NC(=O)OCC1c2ccccc2-c2ccccc21)S(C)=O. The van der Waals surface area contributed by atoms with Crippen LogP contribution in [0.5, 0.6) is 0 Å². The fraction of sp³-hybridized carbons (Fsp3) is 0.348. The number of carboxylic acids is 1. The molecule has 32 heavy (non-hydrogen) atoms. The molecular weight excluding hydrogens is 432 g/mol. The monoisotopic (exact) mass is 458 g/mol. The van der Waals surface area contributed by atoms with E-state index in [0.717, 1.165) is 22.3 Å². The third-order valence-corrected chi connectivity index (χ3v) is 6.76. The molecule has 2 aromatic carbocycles. The van der Waals surface area contributed by atoms with Gasteiger partial charge in [-0.25, -0.2) is 4.79 Å². The smallest absolute Gasteiger partial charge is 0.407 e. The van der Waals surface area contributed by atoms with Crippen molar-refractivity contribution in [2.75, 3.05) is 19.4 Å². The highest BCUT2D eigenvalue weighted by atomic mass is 32.2. The number of ether oxygens (including phenoxy) is 1. The van der Waals surface area contributed by atoms with Gasteiger partial charge in [-0.1, -0.05) is 48.5 Å². The number of amides is 2. The number of aliphatic carboxylic acids is 1.